The lowest BCUT2D eigenvalue weighted by Gasteiger charge is -2.35. The summed E-state index contributed by atoms with van der Waals surface area (Å²) in [5.41, 5.74) is 0.379. The molecule has 0 aromatic heterocycles. The molecule has 2 N–H and O–H groups in total. The molecule has 1 unspecified atom stereocenters. The average molecular weight is 254 g/mol. The molecule has 3 heteroatoms. The van der Waals surface area contributed by atoms with Crippen LogP contribution in [-0.2, 0) is 0 Å². The van der Waals surface area contributed by atoms with Crippen LogP contribution in [0.15, 0.2) is 0 Å². The van der Waals surface area contributed by atoms with Crippen LogP contribution >= 0.6 is 0 Å². The second-order valence-corrected chi connectivity index (χ2v) is 7.43. The number of nitrogens with one attached hydrogen (secondary N) is 1. The predicted molar refractivity (Wildman–Crippen MR) is 75.7 cm³/mol. The SMILES string of the molecule is CC1(C)CCCN(CC(C)(CO)NC2CC2)CC1. The van der Waals surface area contributed by atoms with Crippen molar-refractivity contribution >= 4 is 0 Å². The number of aliphatic hydroxyl groups is 1. The normalized spacial score (nSPS) is 28.7. The third-order valence-corrected chi connectivity index (χ3v) is 4.48. The summed E-state index contributed by atoms with van der Waals surface area (Å²) in [5.74, 6) is 0. The van der Waals surface area contributed by atoms with E-state index in [-0.39, 0.29) is 12.1 Å². The van der Waals surface area contributed by atoms with E-state index in [1.807, 2.05) is 0 Å². The van der Waals surface area contributed by atoms with Crippen molar-refractivity contribution in [1.82, 2.24) is 10.2 Å². The van der Waals surface area contributed by atoms with Crippen molar-refractivity contribution in [3.63, 3.8) is 0 Å². The van der Waals surface area contributed by atoms with Gasteiger partial charge in [-0.25, -0.2) is 0 Å². The average Bonchev–Trinajstić information content (AvgIpc) is 3.09. The summed E-state index contributed by atoms with van der Waals surface area (Å²) in [6.07, 6.45) is 6.45. The van der Waals surface area contributed by atoms with Crippen LogP contribution in [-0.4, -0.2) is 47.8 Å². The van der Waals surface area contributed by atoms with Gasteiger partial charge >= 0.3 is 0 Å². The molecule has 2 rings (SSSR count). The fourth-order valence-corrected chi connectivity index (χ4v) is 2.99. The van der Waals surface area contributed by atoms with Gasteiger partial charge in [-0.3, -0.25) is 0 Å². The Morgan fingerprint density at radius 2 is 2.00 bits per heavy atom. The fraction of sp³-hybridized carbons (Fsp3) is 1.00. The van der Waals surface area contributed by atoms with Crippen molar-refractivity contribution in [2.24, 2.45) is 5.41 Å². The quantitative estimate of drug-likeness (QED) is 0.788. The van der Waals surface area contributed by atoms with Crippen molar-refractivity contribution in [1.29, 1.82) is 0 Å². The number of nitrogens with zero attached hydrogens (tertiary/aromatic N) is 1. The van der Waals surface area contributed by atoms with Gasteiger partial charge in [-0.2, -0.15) is 0 Å². The van der Waals surface area contributed by atoms with Crippen LogP contribution in [0.25, 0.3) is 0 Å². The third kappa shape index (κ3) is 4.22. The molecular formula is C15H30N2O. The van der Waals surface area contributed by atoms with E-state index < -0.39 is 0 Å². The maximum atomic E-state index is 9.68. The molecule has 2 aliphatic rings. The zero-order chi connectivity index (χ0) is 13.2. The maximum absolute atomic E-state index is 9.68. The van der Waals surface area contributed by atoms with Gasteiger partial charge in [0.05, 0.1) is 12.1 Å². The van der Waals surface area contributed by atoms with Gasteiger partial charge in [0.15, 0.2) is 0 Å². The van der Waals surface area contributed by atoms with E-state index in [2.05, 4.69) is 31.0 Å². The first-order valence-corrected chi connectivity index (χ1v) is 7.53. The Morgan fingerprint density at radius 1 is 1.28 bits per heavy atom. The molecule has 0 radical (unpaired) electrons. The molecule has 1 saturated carbocycles. The highest BCUT2D eigenvalue weighted by Crippen LogP contribution is 2.30. The van der Waals surface area contributed by atoms with Gasteiger partial charge in [0, 0.05) is 12.6 Å². The summed E-state index contributed by atoms with van der Waals surface area (Å²) in [4.78, 5) is 2.54. The molecule has 1 saturated heterocycles. The zero-order valence-corrected chi connectivity index (χ0v) is 12.3. The summed E-state index contributed by atoms with van der Waals surface area (Å²) in [7, 11) is 0. The van der Waals surface area contributed by atoms with Crippen LogP contribution in [0.2, 0.25) is 0 Å². The van der Waals surface area contributed by atoms with Crippen LogP contribution in [0.1, 0.15) is 52.9 Å². The molecule has 2 fully saturated rings. The smallest absolute Gasteiger partial charge is 0.0623 e. The standard InChI is InChI=1S/C15H30N2O/c1-14(2)7-4-9-17(10-8-14)11-15(3,12-18)16-13-5-6-13/h13,16,18H,4-12H2,1-3H3. The van der Waals surface area contributed by atoms with E-state index in [9.17, 15) is 5.11 Å². The van der Waals surface area contributed by atoms with Crippen molar-refractivity contribution < 1.29 is 5.11 Å². The molecule has 0 amide bonds. The minimum atomic E-state index is -0.115. The Balaban J connectivity index is 1.86. The molecule has 0 bridgehead atoms. The largest absolute Gasteiger partial charge is 0.394 e. The van der Waals surface area contributed by atoms with E-state index in [0.717, 1.165) is 6.54 Å². The van der Waals surface area contributed by atoms with Gasteiger partial charge in [-0.15, -0.1) is 0 Å². The Morgan fingerprint density at radius 3 is 2.61 bits per heavy atom. The highest BCUT2D eigenvalue weighted by atomic mass is 16.3. The van der Waals surface area contributed by atoms with Crippen molar-refractivity contribution in [3.05, 3.63) is 0 Å². The van der Waals surface area contributed by atoms with Crippen LogP contribution in [0.3, 0.4) is 0 Å². The first-order chi connectivity index (χ1) is 8.42. The van der Waals surface area contributed by atoms with E-state index in [1.54, 1.807) is 0 Å². The number of hydrogen-bond donors (Lipinski definition) is 2. The van der Waals surface area contributed by atoms with Gasteiger partial charge in [0.25, 0.3) is 0 Å². The molecule has 0 aromatic carbocycles. The Hall–Kier alpha value is -0.120. The minimum Gasteiger partial charge on any atom is -0.394 e. The van der Waals surface area contributed by atoms with Crippen molar-refractivity contribution in [3.8, 4) is 0 Å². The van der Waals surface area contributed by atoms with Crippen molar-refractivity contribution in [2.45, 2.75) is 64.5 Å². The van der Waals surface area contributed by atoms with E-state index in [1.165, 1.54) is 45.2 Å². The Labute approximate surface area is 112 Å². The van der Waals surface area contributed by atoms with Gasteiger partial charge < -0.3 is 15.3 Å². The summed E-state index contributed by atoms with van der Waals surface area (Å²) in [6, 6.07) is 0.658. The summed E-state index contributed by atoms with van der Waals surface area (Å²) >= 11 is 0. The number of likely N-dealkylation sites (tertiary alicyclic amines) is 1. The van der Waals surface area contributed by atoms with Gasteiger partial charge in [0.1, 0.15) is 0 Å². The van der Waals surface area contributed by atoms with E-state index in [4.69, 9.17) is 0 Å². The lowest BCUT2D eigenvalue weighted by Crippen LogP contribution is -2.55. The lowest BCUT2D eigenvalue weighted by atomic mass is 9.85. The monoisotopic (exact) mass is 254 g/mol. The molecule has 0 aromatic rings. The summed E-state index contributed by atoms with van der Waals surface area (Å²) in [6.45, 7) is 10.5. The third-order valence-electron chi connectivity index (χ3n) is 4.48. The van der Waals surface area contributed by atoms with Crippen LogP contribution in [0.4, 0.5) is 0 Å². The second kappa shape index (κ2) is 5.48. The molecule has 3 nitrogen and oxygen atoms in total. The second-order valence-electron chi connectivity index (χ2n) is 7.43. The molecule has 1 heterocycles. The maximum Gasteiger partial charge on any atom is 0.0623 e. The molecule has 18 heavy (non-hydrogen) atoms. The van der Waals surface area contributed by atoms with Crippen LogP contribution in [0.5, 0.6) is 0 Å². The predicted octanol–water partition coefficient (Wildman–Crippen LogP) is 2.00. The first-order valence-electron chi connectivity index (χ1n) is 7.53. The topological polar surface area (TPSA) is 35.5 Å². The van der Waals surface area contributed by atoms with Gasteiger partial charge in [-0.1, -0.05) is 13.8 Å². The molecule has 1 aliphatic carbocycles. The Kier molecular flexibility index (Phi) is 4.35. The summed E-state index contributed by atoms with van der Waals surface area (Å²) in [5, 5.41) is 13.3. The van der Waals surface area contributed by atoms with Crippen LogP contribution in [0, 0.1) is 5.41 Å². The summed E-state index contributed by atoms with van der Waals surface area (Å²) < 4.78 is 0. The fourth-order valence-electron chi connectivity index (χ4n) is 2.99. The number of rotatable bonds is 5. The number of hydrogen-bond acceptors (Lipinski definition) is 3. The molecule has 0 spiro atoms. The van der Waals surface area contributed by atoms with Gasteiger partial charge in [-0.05, 0) is 57.5 Å². The zero-order valence-electron chi connectivity index (χ0n) is 12.3. The first kappa shape index (κ1) is 14.3. The molecular weight excluding hydrogens is 224 g/mol. The van der Waals surface area contributed by atoms with Crippen LogP contribution < -0.4 is 5.32 Å². The van der Waals surface area contributed by atoms with E-state index >= 15 is 0 Å². The number of aliphatic hydroxyl groups excluding tert-OH is 1. The highest BCUT2D eigenvalue weighted by Gasteiger charge is 2.34. The molecule has 1 atom stereocenters. The van der Waals surface area contributed by atoms with E-state index in [0.29, 0.717) is 11.5 Å². The minimum absolute atomic E-state index is 0.115. The van der Waals surface area contributed by atoms with Gasteiger partial charge in [0.2, 0.25) is 0 Å². The highest BCUT2D eigenvalue weighted by molar-refractivity contribution is 4.94. The molecule has 1 aliphatic heterocycles. The Bertz CT molecular complexity index is 276. The lowest BCUT2D eigenvalue weighted by molar-refractivity contribution is 0.118. The molecule has 106 valence electrons. The van der Waals surface area contributed by atoms with Crippen molar-refractivity contribution in [2.75, 3.05) is 26.2 Å².